The van der Waals surface area contributed by atoms with Gasteiger partial charge < -0.3 is 9.64 Å². The smallest absolute Gasteiger partial charge is 0.319 e. The molecule has 2 saturated heterocycles. The average molecular weight is 583 g/mol. The minimum Gasteiger partial charge on any atom is -0.463 e. The molecule has 1 N–H and O–H groups in total. The van der Waals surface area contributed by atoms with Crippen LogP contribution in [-0.4, -0.2) is 69.6 Å². The summed E-state index contributed by atoms with van der Waals surface area (Å²) in [6.07, 6.45) is 5.09. The lowest BCUT2D eigenvalue weighted by Gasteiger charge is -2.38. The lowest BCUT2D eigenvalue weighted by atomic mass is 9.93. The Hall–Kier alpha value is -3.04. The number of anilines is 1. The minimum absolute atomic E-state index is 0.139. The zero-order valence-corrected chi connectivity index (χ0v) is 24.9. The van der Waals surface area contributed by atoms with Crippen molar-refractivity contribution in [2.75, 3.05) is 37.7 Å². The van der Waals surface area contributed by atoms with Crippen molar-refractivity contribution in [1.82, 2.24) is 25.1 Å². The maximum absolute atomic E-state index is 16.7. The number of fused-ring (bicyclic) bond motifs is 2. The molecule has 3 atom stereocenters. The molecule has 0 saturated carbocycles. The van der Waals surface area contributed by atoms with Crippen LogP contribution in [0.2, 0.25) is 5.02 Å². The van der Waals surface area contributed by atoms with E-state index in [-0.39, 0.29) is 17.6 Å². The standard InChI is InChI=1S/C31H37ClF2N6O/c1-18-6-8-20(3)40(16-18)29-21-14-23(32)26(25-19(2)7-9-24-22(25)15-35-38-24)27(33)28(21)36-30(37-29)41-13-5-11-39-12-10-31(4,34)17-39/h7,9,14-15,18,20H,5-6,8,10-13,16-17H2,1-4H3,(H,35,38)/t18-,20-,31?/m0/s1. The number of H-pyrrole nitrogens is 1. The van der Waals surface area contributed by atoms with Crippen LogP contribution in [0, 0.1) is 18.7 Å². The van der Waals surface area contributed by atoms with E-state index < -0.39 is 11.5 Å². The van der Waals surface area contributed by atoms with Gasteiger partial charge in [0.05, 0.1) is 23.3 Å². The van der Waals surface area contributed by atoms with E-state index in [0.717, 1.165) is 48.9 Å². The van der Waals surface area contributed by atoms with Crippen LogP contribution in [0.1, 0.15) is 52.0 Å². The zero-order chi connectivity index (χ0) is 28.9. The van der Waals surface area contributed by atoms with Crippen LogP contribution in [0.4, 0.5) is 14.6 Å². The average Bonchev–Trinajstić information content (AvgIpc) is 3.55. The van der Waals surface area contributed by atoms with Gasteiger partial charge in [-0.05, 0) is 70.1 Å². The first-order chi connectivity index (χ1) is 19.6. The molecule has 2 fully saturated rings. The van der Waals surface area contributed by atoms with E-state index in [0.29, 0.717) is 59.3 Å². The Kier molecular flexibility index (Phi) is 7.53. The summed E-state index contributed by atoms with van der Waals surface area (Å²) >= 11 is 6.88. The van der Waals surface area contributed by atoms with E-state index in [1.807, 2.05) is 19.1 Å². The number of nitrogens with zero attached hydrogens (tertiary/aromatic N) is 5. The SMILES string of the molecule is Cc1ccc2[nH]ncc2c1-c1c(Cl)cc2c(N3C[C@@H](C)CC[C@@H]3C)nc(OCCCN3CCC(C)(F)C3)nc2c1F. The number of rotatable bonds is 7. The number of ether oxygens (including phenoxy) is 1. The Labute approximate surface area is 244 Å². The fourth-order valence-corrected chi connectivity index (χ4v) is 6.66. The highest BCUT2D eigenvalue weighted by molar-refractivity contribution is 6.35. The number of alkyl halides is 1. The van der Waals surface area contributed by atoms with Gasteiger partial charge in [-0.15, -0.1) is 0 Å². The van der Waals surface area contributed by atoms with Crippen LogP contribution < -0.4 is 9.64 Å². The first-order valence-corrected chi connectivity index (χ1v) is 14.9. The van der Waals surface area contributed by atoms with Gasteiger partial charge in [-0.25, -0.2) is 8.78 Å². The van der Waals surface area contributed by atoms with Crippen molar-refractivity contribution in [3.8, 4) is 17.1 Å². The number of hydrogen-bond donors (Lipinski definition) is 1. The highest BCUT2D eigenvalue weighted by Crippen LogP contribution is 2.43. The number of likely N-dealkylation sites (tertiary alicyclic amines) is 1. The Morgan fingerprint density at radius 1 is 1.17 bits per heavy atom. The largest absolute Gasteiger partial charge is 0.463 e. The van der Waals surface area contributed by atoms with Crippen molar-refractivity contribution in [2.24, 2.45) is 5.92 Å². The molecule has 41 heavy (non-hydrogen) atoms. The van der Waals surface area contributed by atoms with E-state index in [9.17, 15) is 4.39 Å². The van der Waals surface area contributed by atoms with Crippen molar-refractivity contribution < 1.29 is 13.5 Å². The molecule has 6 rings (SSSR count). The second-order valence-electron chi connectivity index (χ2n) is 12.2. The minimum atomic E-state index is -1.13. The number of piperidine rings is 1. The Morgan fingerprint density at radius 3 is 2.78 bits per heavy atom. The van der Waals surface area contributed by atoms with E-state index in [1.165, 1.54) is 0 Å². The molecule has 0 amide bonds. The topological polar surface area (TPSA) is 70.2 Å². The molecule has 2 aromatic carbocycles. The van der Waals surface area contributed by atoms with Crippen LogP contribution >= 0.6 is 11.6 Å². The summed E-state index contributed by atoms with van der Waals surface area (Å²) in [5.41, 5.74) is 1.72. The quantitative estimate of drug-likeness (QED) is 0.234. The Morgan fingerprint density at radius 2 is 2.00 bits per heavy atom. The summed E-state index contributed by atoms with van der Waals surface area (Å²) < 4.78 is 37.0. The molecular formula is C31H37ClF2N6O. The van der Waals surface area contributed by atoms with Crippen LogP contribution in [0.15, 0.2) is 24.4 Å². The van der Waals surface area contributed by atoms with Crippen LogP contribution in [0.25, 0.3) is 32.9 Å². The van der Waals surface area contributed by atoms with Gasteiger partial charge in [0.15, 0.2) is 5.82 Å². The van der Waals surface area contributed by atoms with Crippen LogP contribution in [-0.2, 0) is 0 Å². The summed E-state index contributed by atoms with van der Waals surface area (Å²) in [4.78, 5) is 13.8. The van der Waals surface area contributed by atoms with Gasteiger partial charge in [-0.3, -0.25) is 10.00 Å². The molecule has 4 heterocycles. The predicted octanol–water partition coefficient (Wildman–Crippen LogP) is 7.10. The molecule has 218 valence electrons. The molecule has 0 bridgehead atoms. The van der Waals surface area contributed by atoms with E-state index >= 15 is 4.39 Å². The molecule has 0 spiro atoms. The van der Waals surface area contributed by atoms with Gasteiger partial charge in [-0.1, -0.05) is 24.6 Å². The van der Waals surface area contributed by atoms with E-state index in [2.05, 4.69) is 38.8 Å². The molecule has 1 unspecified atom stereocenters. The number of benzene rings is 2. The van der Waals surface area contributed by atoms with Crippen LogP contribution in [0.3, 0.4) is 0 Å². The van der Waals surface area contributed by atoms with Gasteiger partial charge in [-0.2, -0.15) is 15.1 Å². The number of nitrogens with one attached hydrogen (secondary N) is 1. The highest BCUT2D eigenvalue weighted by atomic mass is 35.5. The molecule has 2 aliphatic heterocycles. The summed E-state index contributed by atoms with van der Waals surface area (Å²) in [6.45, 7) is 11.0. The summed E-state index contributed by atoms with van der Waals surface area (Å²) in [6, 6.07) is 6.01. The number of aromatic nitrogens is 4. The summed E-state index contributed by atoms with van der Waals surface area (Å²) in [5.74, 6) is 0.611. The summed E-state index contributed by atoms with van der Waals surface area (Å²) in [7, 11) is 0. The molecule has 4 aromatic rings. The van der Waals surface area contributed by atoms with E-state index in [4.69, 9.17) is 21.3 Å². The first kappa shape index (κ1) is 28.1. The number of aryl methyl sites for hydroxylation is 1. The molecule has 0 radical (unpaired) electrons. The maximum Gasteiger partial charge on any atom is 0.319 e. The normalized spacial score (nSPS) is 23.6. The van der Waals surface area contributed by atoms with Crippen molar-refractivity contribution in [3.63, 3.8) is 0 Å². The fraction of sp³-hybridized carbons (Fsp3) is 0.516. The van der Waals surface area contributed by atoms with Crippen molar-refractivity contribution in [3.05, 3.63) is 40.8 Å². The molecule has 0 aliphatic carbocycles. The van der Waals surface area contributed by atoms with E-state index in [1.54, 1.807) is 19.2 Å². The van der Waals surface area contributed by atoms with Gasteiger partial charge in [0.1, 0.15) is 17.0 Å². The van der Waals surface area contributed by atoms with Crippen molar-refractivity contribution in [1.29, 1.82) is 0 Å². The third kappa shape index (κ3) is 5.46. The summed E-state index contributed by atoms with van der Waals surface area (Å²) in [5, 5.41) is 8.79. The number of hydrogen-bond acceptors (Lipinski definition) is 6. The molecule has 2 aliphatic rings. The monoisotopic (exact) mass is 582 g/mol. The predicted molar refractivity (Wildman–Crippen MR) is 160 cm³/mol. The lowest BCUT2D eigenvalue weighted by Crippen LogP contribution is -2.41. The van der Waals surface area contributed by atoms with Crippen LogP contribution in [0.5, 0.6) is 6.01 Å². The lowest BCUT2D eigenvalue weighted by molar-refractivity contribution is 0.182. The second kappa shape index (κ2) is 11.0. The third-order valence-corrected chi connectivity index (χ3v) is 8.97. The van der Waals surface area contributed by atoms with Crippen molar-refractivity contribution in [2.45, 2.75) is 65.1 Å². The van der Waals surface area contributed by atoms with Gasteiger partial charge in [0.25, 0.3) is 0 Å². The number of aromatic amines is 1. The van der Waals surface area contributed by atoms with Gasteiger partial charge in [0.2, 0.25) is 0 Å². The van der Waals surface area contributed by atoms with Crippen molar-refractivity contribution >= 4 is 39.2 Å². The maximum atomic E-state index is 16.7. The third-order valence-electron chi connectivity index (χ3n) is 8.67. The Bertz CT molecular complexity index is 1590. The molecular weight excluding hydrogens is 546 g/mol. The fourth-order valence-electron chi connectivity index (χ4n) is 6.37. The number of halogens is 3. The zero-order valence-electron chi connectivity index (χ0n) is 24.1. The second-order valence-corrected chi connectivity index (χ2v) is 12.6. The molecule has 2 aromatic heterocycles. The molecule has 10 heteroatoms. The highest BCUT2D eigenvalue weighted by Gasteiger charge is 2.33. The Balaban J connectivity index is 1.40. The van der Waals surface area contributed by atoms with Gasteiger partial charge >= 0.3 is 6.01 Å². The van der Waals surface area contributed by atoms with Gasteiger partial charge in [0, 0.05) is 54.1 Å². The first-order valence-electron chi connectivity index (χ1n) is 14.5. The molecule has 7 nitrogen and oxygen atoms in total.